The van der Waals surface area contributed by atoms with Crippen LogP contribution >= 0.6 is 0 Å². The third-order valence-electron chi connectivity index (χ3n) is 3.04. The van der Waals surface area contributed by atoms with Crippen molar-refractivity contribution in [1.29, 1.82) is 0 Å². The number of carbonyl (C=O) groups is 1. The molecule has 0 aromatic carbocycles. The molecule has 0 saturated heterocycles. The fourth-order valence-electron chi connectivity index (χ4n) is 1.74. The zero-order chi connectivity index (χ0) is 9.41. The third kappa shape index (κ3) is 1.78. The molecule has 0 heterocycles. The number of carboxylic acid groups (broad SMARTS) is 1. The lowest BCUT2D eigenvalue weighted by molar-refractivity contribution is -0.907. The maximum atomic E-state index is 10.3. The Hall–Kier alpha value is -0.570. The van der Waals surface area contributed by atoms with Gasteiger partial charge in [-0.15, -0.1) is 0 Å². The van der Waals surface area contributed by atoms with Gasteiger partial charge in [0, 0.05) is 25.2 Å². The highest BCUT2D eigenvalue weighted by atomic mass is 16.4. The summed E-state index contributed by atoms with van der Waals surface area (Å²) in [7, 11) is 6.38. The lowest BCUT2D eigenvalue weighted by Gasteiger charge is -2.35. The van der Waals surface area contributed by atoms with Crippen LogP contribution in [0.25, 0.3) is 0 Å². The second-order valence-electron chi connectivity index (χ2n) is 4.61. The van der Waals surface area contributed by atoms with Gasteiger partial charge in [-0.2, -0.15) is 0 Å². The molecule has 1 aliphatic rings. The van der Waals surface area contributed by atoms with Crippen molar-refractivity contribution >= 4 is 5.97 Å². The minimum absolute atomic E-state index is 0.204. The van der Waals surface area contributed by atoms with Gasteiger partial charge in [-0.05, 0) is 6.42 Å². The first-order valence-electron chi connectivity index (χ1n) is 4.39. The molecule has 0 radical (unpaired) electrons. The number of rotatable bonds is 4. The minimum Gasteiger partial charge on any atom is -0.550 e. The summed E-state index contributed by atoms with van der Waals surface area (Å²) in [5, 5.41) is 10.3. The van der Waals surface area contributed by atoms with Crippen LogP contribution < -0.4 is 5.11 Å². The van der Waals surface area contributed by atoms with E-state index in [1.165, 1.54) is 0 Å². The smallest absolute Gasteiger partial charge is 0.0994 e. The first-order valence-corrected chi connectivity index (χ1v) is 4.39. The average molecular weight is 171 g/mol. The van der Waals surface area contributed by atoms with Crippen LogP contribution in [0.15, 0.2) is 0 Å². The van der Waals surface area contributed by atoms with Crippen LogP contribution in [-0.2, 0) is 4.79 Å². The molecular formula is C9H17NO2. The second kappa shape index (κ2) is 2.73. The van der Waals surface area contributed by atoms with Gasteiger partial charge in [0.25, 0.3) is 0 Å². The molecule has 0 aromatic rings. The van der Waals surface area contributed by atoms with Gasteiger partial charge in [-0.3, -0.25) is 0 Å². The summed E-state index contributed by atoms with van der Waals surface area (Å²) in [5.74, 6) is -0.922. The normalized spacial score (nSPS) is 20.6. The van der Waals surface area contributed by atoms with E-state index in [1.807, 2.05) is 0 Å². The zero-order valence-corrected chi connectivity index (χ0v) is 8.09. The molecule has 1 fully saturated rings. The largest absolute Gasteiger partial charge is 0.550 e. The topological polar surface area (TPSA) is 40.1 Å². The van der Waals surface area contributed by atoms with Crippen molar-refractivity contribution in [2.45, 2.75) is 31.2 Å². The summed E-state index contributed by atoms with van der Waals surface area (Å²) < 4.78 is 0.875. The minimum atomic E-state index is -0.922. The van der Waals surface area contributed by atoms with Crippen LogP contribution in [0.5, 0.6) is 0 Å². The first-order chi connectivity index (χ1) is 5.37. The Morgan fingerprint density at radius 1 is 1.42 bits per heavy atom. The molecule has 0 aromatic heterocycles. The highest BCUT2D eigenvalue weighted by molar-refractivity contribution is 5.64. The highest BCUT2D eigenvalue weighted by Crippen LogP contribution is 2.47. The molecule has 0 spiro atoms. The van der Waals surface area contributed by atoms with Crippen molar-refractivity contribution < 1.29 is 14.4 Å². The first kappa shape index (κ1) is 9.52. The Kier molecular flexibility index (Phi) is 2.17. The molecule has 3 nitrogen and oxygen atoms in total. The monoisotopic (exact) mass is 171 g/mol. The van der Waals surface area contributed by atoms with Gasteiger partial charge in [0.2, 0.25) is 0 Å². The maximum Gasteiger partial charge on any atom is 0.0994 e. The van der Waals surface area contributed by atoms with Gasteiger partial charge in [0.15, 0.2) is 0 Å². The lowest BCUT2D eigenvalue weighted by atomic mass is 10.1. The molecule has 1 rings (SSSR count). The van der Waals surface area contributed by atoms with E-state index in [9.17, 15) is 9.90 Å². The molecule has 1 saturated carbocycles. The van der Waals surface area contributed by atoms with E-state index < -0.39 is 5.97 Å². The summed E-state index contributed by atoms with van der Waals surface area (Å²) in [6.07, 6.45) is 3.28. The maximum absolute atomic E-state index is 10.3. The molecule has 0 amide bonds. The molecule has 0 N–H and O–H groups in total. The summed E-state index contributed by atoms with van der Waals surface area (Å²) in [6.45, 7) is 0. The van der Waals surface area contributed by atoms with Gasteiger partial charge in [0.1, 0.15) is 0 Å². The van der Waals surface area contributed by atoms with E-state index in [4.69, 9.17) is 0 Å². The summed E-state index contributed by atoms with van der Waals surface area (Å²) >= 11 is 0. The standard InChI is InChI=1S/C9H17NO2/c1-10(2,3)9(6-7-9)5-4-8(11)12/h4-7H2,1-3H3. The quantitative estimate of drug-likeness (QED) is 0.547. The SMILES string of the molecule is C[N+](C)(C)C1(CCC(=O)[O-])CC1. The molecule has 12 heavy (non-hydrogen) atoms. The van der Waals surface area contributed by atoms with Gasteiger partial charge >= 0.3 is 0 Å². The van der Waals surface area contributed by atoms with Crippen molar-refractivity contribution in [1.82, 2.24) is 0 Å². The number of carbonyl (C=O) groups excluding carboxylic acids is 1. The summed E-state index contributed by atoms with van der Waals surface area (Å²) in [6, 6.07) is 0. The Balaban J connectivity index is 2.46. The van der Waals surface area contributed by atoms with E-state index >= 15 is 0 Å². The fraction of sp³-hybridized carbons (Fsp3) is 0.889. The number of nitrogens with zero attached hydrogens (tertiary/aromatic N) is 1. The van der Waals surface area contributed by atoms with Crippen LogP contribution in [0.4, 0.5) is 0 Å². The van der Waals surface area contributed by atoms with E-state index in [0.29, 0.717) is 0 Å². The number of hydrogen-bond acceptors (Lipinski definition) is 2. The molecule has 3 heteroatoms. The van der Waals surface area contributed by atoms with Crippen molar-refractivity contribution in [3.05, 3.63) is 0 Å². The van der Waals surface area contributed by atoms with Gasteiger partial charge < -0.3 is 14.4 Å². The molecule has 0 atom stereocenters. The lowest BCUT2D eigenvalue weighted by Crippen LogP contribution is -2.47. The highest BCUT2D eigenvalue weighted by Gasteiger charge is 2.53. The van der Waals surface area contributed by atoms with Gasteiger partial charge in [-0.25, -0.2) is 0 Å². The average Bonchev–Trinajstić information content (AvgIpc) is 2.60. The zero-order valence-electron chi connectivity index (χ0n) is 8.09. The van der Waals surface area contributed by atoms with Crippen molar-refractivity contribution in [2.24, 2.45) is 0 Å². The third-order valence-corrected chi connectivity index (χ3v) is 3.04. The number of quaternary nitrogens is 1. The van der Waals surface area contributed by atoms with Crippen LogP contribution in [0, 0.1) is 0 Å². The summed E-state index contributed by atoms with van der Waals surface area (Å²) in [4.78, 5) is 10.3. The van der Waals surface area contributed by atoms with Gasteiger partial charge in [0.05, 0.1) is 26.7 Å². The Labute approximate surface area is 73.6 Å². The van der Waals surface area contributed by atoms with E-state index in [0.717, 1.165) is 23.7 Å². The van der Waals surface area contributed by atoms with Crippen molar-refractivity contribution in [3.63, 3.8) is 0 Å². The molecule has 1 aliphatic carbocycles. The fourth-order valence-corrected chi connectivity index (χ4v) is 1.74. The number of hydrogen-bond donors (Lipinski definition) is 0. The van der Waals surface area contributed by atoms with Crippen LogP contribution in [0.1, 0.15) is 25.7 Å². The molecule has 0 bridgehead atoms. The van der Waals surface area contributed by atoms with Gasteiger partial charge in [-0.1, -0.05) is 0 Å². The molecule has 0 aliphatic heterocycles. The van der Waals surface area contributed by atoms with E-state index in [1.54, 1.807) is 0 Å². The number of aliphatic carboxylic acids is 1. The van der Waals surface area contributed by atoms with Crippen LogP contribution in [0.2, 0.25) is 0 Å². The second-order valence-corrected chi connectivity index (χ2v) is 4.61. The number of carboxylic acids is 1. The van der Waals surface area contributed by atoms with Crippen molar-refractivity contribution in [2.75, 3.05) is 21.1 Å². The Bertz CT molecular complexity index is 189. The van der Waals surface area contributed by atoms with E-state index in [2.05, 4.69) is 21.1 Å². The van der Waals surface area contributed by atoms with Crippen LogP contribution in [0.3, 0.4) is 0 Å². The Morgan fingerprint density at radius 2 is 1.92 bits per heavy atom. The Morgan fingerprint density at radius 3 is 2.17 bits per heavy atom. The predicted molar refractivity (Wildman–Crippen MR) is 44.2 cm³/mol. The predicted octanol–water partition coefficient (Wildman–Crippen LogP) is -0.245. The molecule has 0 unspecified atom stereocenters. The van der Waals surface area contributed by atoms with Crippen LogP contribution in [-0.4, -0.2) is 37.1 Å². The van der Waals surface area contributed by atoms with E-state index in [-0.39, 0.29) is 12.0 Å². The van der Waals surface area contributed by atoms with Crippen molar-refractivity contribution in [3.8, 4) is 0 Å². The molecule has 70 valence electrons. The molecular weight excluding hydrogens is 154 g/mol. The summed E-state index contributed by atoms with van der Waals surface area (Å²) in [5.41, 5.74) is 0.236.